The summed E-state index contributed by atoms with van der Waals surface area (Å²) < 4.78 is 31.9. The first-order valence-corrected chi connectivity index (χ1v) is 11.0. The van der Waals surface area contributed by atoms with Gasteiger partial charge in [-0.25, -0.2) is 13.4 Å². The summed E-state index contributed by atoms with van der Waals surface area (Å²) in [7, 11) is -1.73. The van der Waals surface area contributed by atoms with E-state index in [1.165, 1.54) is 22.9 Å². The van der Waals surface area contributed by atoms with Crippen LogP contribution < -0.4 is 15.0 Å². The van der Waals surface area contributed by atoms with Crippen LogP contribution in [0, 0.1) is 0 Å². The van der Waals surface area contributed by atoms with Crippen LogP contribution in [0.4, 0.5) is 5.69 Å². The lowest BCUT2D eigenvalue weighted by Gasteiger charge is -2.35. The minimum atomic E-state index is -3.35. The molecule has 1 aliphatic heterocycles. The molecule has 0 spiro atoms. The van der Waals surface area contributed by atoms with Crippen LogP contribution in [0.1, 0.15) is 16.9 Å². The molecule has 0 bridgehead atoms. The molecule has 0 aliphatic carbocycles. The maximum Gasteiger partial charge on any atom is 0.271 e. The predicted octanol–water partition coefficient (Wildman–Crippen LogP) is 0.757. The van der Waals surface area contributed by atoms with Crippen molar-refractivity contribution in [1.82, 2.24) is 19.6 Å². The van der Waals surface area contributed by atoms with Crippen molar-refractivity contribution in [1.29, 1.82) is 0 Å². The number of hydrogen-bond donors (Lipinski definition) is 1. The molecule has 3 rings (SSSR count). The van der Waals surface area contributed by atoms with Gasteiger partial charge in [-0.05, 0) is 30.7 Å². The zero-order valence-electron chi connectivity index (χ0n) is 16.3. The molecule has 1 fully saturated rings. The number of amides is 1. The van der Waals surface area contributed by atoms with Gasteiger partial charge in [0.05, 0.1) is 19.1 Å². The van der Waals surface area contributed by atoms with Gasteiger partial charge in [-0.1, -0.05) is 0 Å². The largest absolute Gasteiger partial charge is 0.497 e. The first kappa shape index (κ1) is 21.0. The Hall–Kier alpha value is -2.72. The normalized spacial score (nSPS) is 15.1. The maximum atomic E-state index is 12.6. The number of carbonyl (C=O) groups is 1. The van der Waals surface area contributed by atoms with Crippen molar-refractivity contribution in [3.8, 4) is 5.75 Å². The van der Waals surface area contributed by atoms with Crippen LogP contribution in [0.2, 0.25) is 0 Å². The third-order valence-electron chi connectivity index (χ3n) is 4.73. The molecular formula is C19H25N5O4S. The zero-order valence-corrected chi connectivity index (χ0v) is 17.1. The van der Waals surface area contributed by atoms with Crippen molar-refractivity contribution >= 4 is 21.6 Å². The van der Waals surface area contributed by atoms with Crippen LogP contribution in [-0.4, -0.2) is 74.2 Å². The molecule has 2 heterocycles. The summed E-state index contributed by atoms with van der Waals surface area (Å²) in [6, 6.07) is 7.74. The van der Waals surface area contributed by atoms with E-state index in [1.54, 1.807) is 7.11 Å². The molecule has 1 aliphatic rings. The lowest BCUT2D eigenvalue weighted by atomic mass is 10.2. The van der Waals surface area contributed by atoms with Crippen LogP contribution >= 0.6 is 0 Å². The van der Waals surface area contributed by atoms with E-state index < -0.39 is 10.0 Å². The summed E-state index contributed by atoms with van der Waals surface area (Å²) in [6.07, 6.45) is 4.63. The molecule has 29 heavy (non-hydrogen) atoms. The molecule has 1 aromatic heterocycles. The highest BCUT2D eigenvalue weighted by Crippen LogP contribution is 2.21. The average Bonchev–Trinajstić information content (AvgIpc) is 2.77. The first-order chi connectivity index (χ1) is 14.0. The van der Waals surface area contributed by atoms with E-state index in [2.05, 4.69) is 20.2 Å². The second-order valence-corrected chi connectivity index (χ2v) is 8.69. The van der Waals surface area contributed by atoms with Gasteiger partial charge in [-0.3, -0.25) is 9.78 Å². The lowest BCUT2D eigenvalue weighted by Crippen LogP contribution is -2.49. The fourth-order valence-corrected chi connectivity index (χ4v) is 4.60. The molecule has 1 N–H and O–H groups in total. The Kier molecular flexibility index (Phi) is 6.99. The number of anilines is 1. The quantitative estimate of drug-likeness (QED) is 0.630. The summed E-state index contributed by atoms with van der Waals surface area (Å²) in [5, 5.41) is 2.67. The molecule has 0 saturated carbocycles. The van der Waals surface area contributed by atoms with Crippen LogP contribution in [-0.2, 0) is 10.0 Å². The van der Waals surface area contributed by atoms with E-state index in [0.29, 0.717) is 32.6 Å². The van der Waals surface area contributed by atoms with E-state index >= 15 is 0 Å². The van der Waals surface area contributed by atoms with E-state index in [-0.39, 0.29) is 23.9 Å². The van der Waals surface area contributed by atoms with Gasteiger partial charge in [0.2, 0.25) is 10.0 Å². The molecular weight excluding hydrogens is 394 g/mol. The molecule has 1 saturated heterocycles. The fourth-order valence-electron chi connectivity index (χ4n) is 3.11. The maximum absolute atomic E-state index is 12.6. The minimum Gasteiger partial charge on any atom is -0.497 e. The first-order valence-electron chi connectivity index (χ1n) is 9.40. The smallest absolute Gasteiger partial charge is 0.271 e. The van der Waals surface area contributed by atoms with E-state index in [4.69, 9.17) is 4.74 Å². The Morgan fingerprint density at radius 1 is 1.14 bits per heavy atom. The number of rotatable bonds is 8. The highest BCUT2D eigenvalue weighted by atomic mass is 32.2. The van der Waals surface area contributed by atoms with Crippen LogP contribution in [0.5, 0.6) is 5.75 Å². The van der Waals surface area contributed by atoms with Gasteiger partial charge < -0.3 is 15.0 Å². The molecule has 156 valence electrons. The second kappa shape index (κ2) is 9.66. The monoisotopic (exact) mass is 419 g/mol. The number of hydrogen-bond acceptors (Lipinski definition) is 7. The fraction of sp³-hybridized carbons (Fsp3) is 0.421. The number of methoxy groups -OCH3 is 1. The highest BCUT2D eigenvalue weighted by Gasteiger charge is 2.26. The van der Waals surface area contributed by atoms with Crippen molar-refractivity contribution in [2.24, 2.45) is 0 Å². The van der Waals surface area contributed by atoms with Gasteiger partial charge in [0.15, 0.2) is 0 Å². The summed E-state index contributed by atoms with van der Waals surface area (Å²) >= 11 is 0. The van der Waals surface area contributed by atoms with Gasteiger partial charge in [0.1, 0.15) is 11.4 Å². The van der Waals surface area contributed by atoms with Crippen LogP contribution in [0.3, 0.4) is 0 Å². The second-order valence-electron chi connectivity index (χ2n) is 6.60. The molecule has 1 aromatic carbocycles. The molecule has 1 amide bonds. The van der Waals surface area contributed by atoms with E-state index in [1.807, 2.05) is 24.3 Å². The molecule has 0 atom stereocenters. The van der Waals surface area contributed by atoms with Crippen LogP contribution in [0.15, 0.2) is 42.9 Å². The van der Waals surface area contributed by atoms with E-state index in [9.17, 15) is 13.2 Å². The minimum absolute atomic E-state index is 0.00369. The van der Waals surface area contributed by atoms with Gasteiger partial charge in [0.25, 0.3) is 5.91 Å². The molecule has 9 nitrogen and oxygen atoms in total. The standard InChI is InChI=1S/C19H25N5O4S/c1-28-17-5-3-16(4-6-17)23-10-12-24(13-11-23)29(26,27)14-2-7-22-19(25)18-15-20-8-9-21-18/h3-6,8-9,15H,2,7,10-14H2,1H3,(H,22,25). The number of aromatic nitrogens is 2. The lowest BCUT2D eigenvalue weighted by molar-refractivity contribution is 0.0948. The van der Waals surface area contributed by atoms with Crippen LogP contribution in [0.25, 0.3) is 0 Å². The summed E-state index contributed by atoms with van der Waals surface area (Å²) in [4.78, 5) is 21.8. The van der Waals surface area contributed by atoms with Crippen molar-refractivity contribution in [3.63, 3.8) is 0 Å². The molecule has 0 radical (unpaired) electrons. The Balaban J connectivity index is 1.42. The number of nitrogens with zero attached hydrogens (tertiary/aromatic N) is 4. The Morgan fingerprint density at radius 2 is 1.86 bits per heavy atom. The topological polar surface area (TPSA) is 105 Å². The third-order valence-corrected chi connectivity index (χ3v) is 6.69. The van der Waals surface area contributed by atoms with Crippen molar-refractivity contribution in [3.05, 3.63) is 48.5 Å². The van der Waals surface area contributed by atoms with Crippen molar-refractivity contribution < 1.29 is 17.9 Å². The van der Waals surface area contributed by atoms with Gasteiger partial charge in [-0.15, -0.1) is 0 Å². The highest BCUT2D eigenvalue weighted by molar-refractivity contribution is 7.89. The zero-order chi connectivity index (χ0) is 20.7. The van der Waals surface area contributed by atoms with Gasteiger partial charge >= 0.3 is 0 Å². The average molecular weight is 420 g/mol. The summed E-state index contributed by atoms with van der Waals surface area (Å²) in [5.41, 5.74) is 1.26. The summed E-state index contributed by atoms with van der Waals surface area (Å²) in [6.45, 7) is 2.42. The molecule has 2 aromatic rings. The number of ether oxygens (including phenoxy) is 1. The Labute approximate surface area is 170 Å². The number of sulfonamides is 1. The van der Waals surface area contributed by atoms with Gasteiger partial charge in [0, 0.05) is 50.8 Å². The number of piperazine rings is 1. The number of benzene rings is 1. The van der Waals surface area contributed by atoms with E-state index in [0.717, 1.165) is 11.4 Å². The predicted molar refractivity (Wildman–Crippen MR) is 110 cm³/mol. The third kappa shape index (κ3) is 5.64. The number of nitrogens with one attached hydrogen (secondary N) is 1. The SMILES string of the molecule is COc1ccc(N2CCN(S(=O)(=O)CCCNC(=O)c3cnccn3)CC2)cc1. The molecule has 0 unspecified atom stereocenters. The Bertz CT molecular complexity index is 898. The van der Waals surface area contributed by atoms with Crippen molar-refractivity contribution in [2.45, 2.75) is 6.42 Å². The number of carbonyl (C=O) groups excluding carboxylic acids is 1. The van der Waals surface area contributed by atoms with Gasteiger partial charge in [-0.2, -0.15) is 4.31 Å². The summed E-state index contributed by atoms with van der Waals surface area (Å²) in [5.74, 6) is 0.431. The Morgan fingerprint density at radius 3 is 2.48 bits per heavy atom. The molecule has 10 heteroatoms. The van der Waals surface area contributed by atoms with Crippen molar-refractivity contribution in [2.75, 3.05) is 50.5 Å².